The van der Waals surface area contributed by atoms with Crippen LogP contribution in [0.1, 0.15) is 18.4 Å². The number of para-hydroxylation sites is 1. The third kappa shape index (κ3) is 1.63. The van der Waals surface area contributed by atoms with Crippen molar-refractivity contribution >= 4 is 10.9 Å². The molecule has 0 unspecified atom stereocenters. The molecule has 1 aliphatic heterocycles. The van der Waals surface area contributed by atoms with Crippen molar-refractivity contribution in [2.24, 2.45) is 0 Å². The van der Waals surface area contributed by atoms with Gasteiger partial charge in [0.15, 0.2) is 0 Å². The highest BCUT2D eigenvalue weighted by Crippen LogP contribution is 2.19. The second-order valence-electron chi connectivity index (χ2n) is 4.23. The minimum Gasteiger partial charge on any atom is -0.299 e. The average molecular weight is 201 g/mol. The molecule has 2 heterocycles. The molecule has 0 bridgehead atoms. The number of rotatable bonds is 2. The third-order valence-electron chi connectivity index (χ3n) is 3.16. The van der Waals surface area contributed by atoms with Crippen molar-refractivity contribution in [3.8, 4) is 0 Å². The first-order chi connectivity index (χ1) is 7.43. The molecule has 2 aromatic rings. The first kappa shape index (κ1) is 8.92. The van der Waals surface area contributed by atoms with Crippen LogP contribution in [-0.2, 0) is 6.54 Å². The summed E-state index contributed by atoms with van der Waals surface area (Å²) in [5, 5.41) is 8.39. The molecular weight excluding hydrogens is 186 g/mol. The average Bonchev–Trinajstić information content (AvgIpc) is 2.87. The molecule has 1 aliphatic rings. The Morgan fingerprint density at radius 2 is 2.13 bits per heavy atom. The molecule has 0 amide bonds. The number of benzene rings is 1. The van der Waals surface area contributed by atoms with Gasteiger partial charge in [-0.15, -0.1) is 0 Å². The van der Waals surface area contributed by atoms with Gasteiger partial charge in [0.05, 0.1) is 11.7 Å². The summed E-state index contributed by atoms with van der Waals surface area (Å²) in [6.07, 6.45) is 4.58. The van der Waals surface area contributed by atoms with Crippen LogP contribution in [0.2, 0.25) is 0 Å². The number of nitrogens with one attached hydrogen (secondary N) is 1. The number of nitrogens with zero attached hydrogens (tertiary/aromatic N) is 2. The number of aromatic nitrogens is 2. The van der Waals surface area contributed by atoms with Crippen LogP contribution in [0.3, 0.4) is 0 Å². The van der Waals surface area contributed by atoms with E-state index in [9.17, 15) is 0 Å². The van der Waals surface area contributed by atoms with Crippen LogP contribution >= 0.6 is 0 Å². The number of aromatic amines is 1. The van der Waals surface area contributed by atoms with Gasteiger partial charge in [-0.05, 0) is 31.5 Å². The Morgan fingerprint density at radius 3 is 3.00 bits per heavy atom. The van der Waals surface area contributed by atoms with Crippen LogP contribution < -0.4 is 0 Å². The van der Waals surface area contributed by atoms with Gasteiger partial charge < -0.3 is 0 Å². The van der Waals surface area contributed by atoms with Crippen molar-refractivity contribution < 1.29 is 0 Å². The van der Waals surface area contributed by atoms with Crippen LogP contribution in [0.25, 0.3) is 10.9 Å². The Kier molecular flexibility index (Phi) is 2.18. The van der Waals surface area contributed by atoms with E-state index in [2.05, 4.69) is 33.3 Å². The van der Waals surface area contributed by atoms with Gasteiger partial charge in [-0.25, -0.2) is 0 Å². The van der Waals surface area contributed by atoms with Crippen molar-refractivity contribution in [2.75, 3.05) is 13.1 Å². The highest BCUT2D eigenvalue weighted by Gasteiger charge is 2.13. The van der Waals surface area contributed by atoms with E-state index >= 15 is 0 Å². The SMILES string of the molecule is c1cc(CN2CCCC2)c2[nH]ncc2c1. The first-order valence-electron chi connectivity index (χ1n) is 5.57. The van der Waals surface area contributed by atoms with E-state index in [1.165, 1.54) is 42.4 Å². The van der Waals surface area contributed by atoms with Gasteiger partial charge in [0, 0.05) is 11.9 Å². The van der Waals surface area contributed by atoms with E-state index in [0.717, 1.165) is 6.54 Å². The van der Waals surface area contributed by atoms with Crippen molar-refractivity contribution in [1.82, 2.24) is 15.1 Å². The van der Waals surface area contributed by atoms with E-state index in [4.69, 9.17) is 0 Å². The second kappa shape index (κ2) is 3.66. The summed E-state index contributed by atoms with van der Waals surface area (Å²) >= 11 is 0. The molecular formula is C12H15N3. The highest BCUT2D eigenvalue weighted by molar-refractivity contribution is 5.81. The molecule has 1 saturated heterocycles. The summed E-state index contributed by atoms with van der Waals surface area (Å²) in [6.45, 7) is 3.54. The molecule has 0 saturated carbocycles. The molecule has 1 fully saturated rings. The Bertz CT molecular complexity index is 455. The fraction of sp³-hybridized carbons (Fsp3) is 0.417. The fourth-order valence-corrected chi connectivity index (χ4v) is 2.34. The van der Waals surface area contributed by atoms with Gasteiger partial charge in [0.2, 0.25) is 0 Å². The molecule has 1 aromatic carbocycles. The van der Waals surface area contributed by atoms with Gasteiger partial charge in [0.1, 0.15) is 0 Å². The van der Waals surface area contributed by atoms with Crippen molar-refractivity contribution in [2.45, 2.75) is 19.4 Å². The molecule has 3 rings (SSSR count). The molecule has 1 aromatic heterocycles. The Morgan fingerprint density at radius 1 is 1.27 bits per heavy atom. The van der Waals surface area contributed by atoms with Crippen molar-refractivity contribution in [1.29, 1.82) is 0 Å². The number of fused-ring (bicyclic) bond motifs is 1. The van der Waals surface area contributed by atoms with Crippen LogP contribution in [0, 0.1) is 0 Å². The summed E-state index contributed by atoms with van der Waals surface area (Å²) in [6, 6.07) is 6.41. The Labute approximate surface area is 89.1 Å². The summed E-state index contributed by atoms with van der Waals surface area (Å²) in [7, 11) is 0. The van der Waals surface area contributed by atoms with E-state index in [-0.39, 0.29) is 0 Å². The summed E-state index contributed by atoms with van der Waals surface area (Å²) in [4.78, 5) is 2.51. The van der Waals surface area contributed by atoms with Gasteiger partial charge in [-0.1, -0.05) is 18.2 Å². The second-order valence-corrected chi connectivity index (χ2v) is 4.23. The first-order valence-corrected chi connectivity index (χ1v) is 5.57. The summed E-state index contributed by atoms with van der Waals surface area (Å²) in [5.74, 6) is 0. The fourth-order valence-electron chi connectivity index (χ4n) is 2.34. The number of hydrogen-bond donors (Lipinski definition) is 1. The van der Waals surface area contributed by atoms with Crippen LogP contribution in [0.4, 0.5) is 0 Å². The Hall–Kier alpha value is -1.35. The van der Waals surface area contributed by atoms with Gasteiger partial charge in [-0.2, -0.15) is 5.10 Å². The molecule has 3 heteroatoms. The van der Waals surface area contributed by atoms with Crippen LogP contribution in [-0.4, -0.2) is 28.2 Å². The lowest BCUT2D eigenvalue weighted by atomic mass is 10.1. The maximum atomic E-state index is 4.09. The Balaban J connectivity index is 1.92. The predicted molar refractivity (Wildman–Crippen MR) is 60.6 cm³/mol. The smallest absolute Gasteiger partial charge is 0.0695 e. The largest absolute Gasteiger partial charge is 0.299 e. The zero-order valence-corrected chi connectivity index (χ0v) is 8.74. The minimum atomic E-state index is 1.06. The van der Waals surface area contributed by atoms with Gasteiger partial charge in [-0.3, -0.25) is 10.00 Å². The molecule has 1 N–H and O–H groups in total. The quantitative estimate of drug-likeness (QED) is 0.807. The highest BCUT2D eigenvalue weighted by atomic mass is 15.1. The van der Waals surface area contributed by atoms with Gasteiger partial charge >= 0.3 is 0 Å². The molecule has 78 valence electrons. The van der Waals surface area contributed by atoms with Crippen LogP contribution in [0.15, 0.2) is 24.4 Å². The number of hydrogen-bond acceptors (Lipinski definition) is 2. The molecule has 0 radical (unpaired) electrons. The van der Waals surface area contributed by atoms with Crippen molar-refractivity contribution in [3.63, 3.8) is 0 Å². The summed E-state index contributed by atoms with van der Waals surface area (Å²) in [5.41, 5.74) is 2.57. The topological polar surface area (TPSA) is 31.9 Å². The molecule has 3 nitrogen and oxygen atoms in total. The lowest BCUT2D eigenvalue weighted by Gasteiger charge is -2.14. The molecule has 0 spiro atoms. The van der Waals surface area contributed by atoms with Crippen molar-refractivity contribution in [3.05, 3.63) is 30.0 Å². The molecule has 0 aliphatic carbocycles. The van der Waals surface area contributed by atoms with E-state index in [1.54, 1.807) is 0 Å². The standard InChI is InChI=1S/C12H15N3/c1-2-7-15(6-1)9-11-5-3-4-10-8-13-14-12(10)11/h3-5,8H,1-2,6-7,9H2,(H,13,14). The monoisotopic (exact) mass is 201 g/mol. The molecule has 0 atom stereocenters. The third-order valence-corrected chi connectivity index (χ3v) is 3.16. The maximum absolute atomic E-state index is 4.09. The zero-order chi connectivity index (χ0) is 10.1. The number of likely N-dealkylation sites (tertiary alicyclic amines) is 1. The summed E-state index contributed by atoms with van der Waals surface area (Å²) < 4.78 is 0. The van der Waals surface area contributed by atoms with Gasteiger partial charge in [0.25, 0.3) is 0 Å². The zero-order valence-electron chi connectivity index (χ0n) is 8.74. The lowest BCUT2D eigenvalue weighted by Crippen LogP contribution is -2.18. The number of H-pyrrole nitrogens is 1. The normalized spacial score (nSPS) is 17.6. The molecule has 15 heavy (non-hydrogen) atoms. The van der Waals surface area contributed by atoms with Crippen LogP contribution in [0.5, 0.6) is 0 Å². The van der Waals surface area contributed by atoms with E-state index < -0.39 is 0 Å². The lowest BCUT2D eigenvalue weighted by molar-refractivity contribution is 0.332. The predicted octanol–water partition coefficient (Wildman–Crippen LogP) is 2.16. The minimum absolute atomic E-state index is 1.06. The maximum Gasteiger partial charge on any atom is 0.0695 e. The van der Waals surface area contributed by atoms with E-state index in [0.29, 0.717) is 0 Å². The van der Waals surface area contributed by atoms with E-state index in [1.807, 2.05) is 6.20 Å².